The van der Waals surface area contributed by atoms with E-state index in [1.807, 2.05) is 0 Å². The fourth-order valence-electron chi connectivity index (χ4n) is 2.36. The zero-order chi connectivity index (χ0) is 14.9. The van der Waals surface area contributed by atoms with E-state index in [0.29, 0.717) is 0 Å². The lowest BCUT2D eigenvalue weighted by Gasteiger charge is -2.20. The Hall–Kier alpha value is -1.06. The second-order valence-corrected chi connectivity index (χ2v) is 5.94. The molecule has 0 radical (unpaired) electrons. The molecule has 1 N–H and O–H groups in total. The van der Waals surface area contributed by atoms with Gasteiger partial charge in [-0.05, 0) is 50.0 Å². The predicted molar refractivity (Wildman–Crippen MR) is 88.8 cm³/mol. The first kappa shape index (κ1) is 16.3. The first-order valence-electron chi connectivity index (χ1n) is 8.49. The normalized spacial score (nSPS) is 14.6. The largest absolute Gasteiger partial charge is 0.492 e. The van der Waals surface area contributed by atoms with Crippen molar-refractivity contribution < 1.29 is 4.74 Å². The van der Waals surface area contributed by atoms with Crippen molar-refractivity contribution in [3.8, 4) is 5.75 Å². The number of ether oxygens (including phenoxy) is 1. The standard InChI is InChI=1S/C18H30N2O/c1-3-5-12-20(4-2)13-14-21-18-10-6-16(7-11-18)15-19-17-8-9-17/h6-7,10-11,17,19H,3-5,8-9,12-15H2,1-2H3. The first-order valence-corrected chi connectivity index (χ1v) is 8.49. The molecule has 3 nitrogen and oxygen atoms in total. The van der Waals surface area contributed by atoms with E-state index in [9.17, 15) is 0 Å². The number of nitrogens with one attached hydrogen (secondary N) is 1. The maximum Gasteiger partial charge on any atom is 0.119 e. The van der Waals surface area contributed by atoms with Gasteiger partial charge in [-0.1, -0.05) is 32.4 Å². The van der Waals surface area contributed by atoms with Gasteiger partial charge >= 0.3 is 0 Å². The van der Waals surface area contributed by atoms with E-state index in [1.165, 1.54) is 37.8 Å². The van der Waals surface area contributed by atoms with Gasteiger partial charge in [0.2, 0.25) is 0 Å². The van der Waals surface area contributed by atoms with Crippen LogP contribution in [0.3, 0.4) is 0 Å². The zero-order valence-corrected chi connectivity index (χ0v) is 13.6. The van der Waals surface area contributed by atoms with Crippen LogP contribution in [0.15, 0.2) is 24.3 Å². The second kappa shape index (κ2) is 9.06. The van der Waals surface area contributed by atoms with Crippen molar-refractivity contribution in [2.24, 2.45) is 0 Å². The summed E-state index contributed by atoms with van der Waals surface area (Å²) in [5.41, 5.74) is 1.34. The molecule has 1 fully saturated rings. The molecule has 0 unspecified atom stereocenters. The first-order chi connectivity index (χ1) is 10.3. The number of hydrogen-bond acceptors (Lipinski definition) is 3. The lowest BCUT2D eigenvalue weighted by atomic mass is 10.2. The van der Waals surface area contributed by atoms with Crippen LogP contribution in [-0.2, 0) is 6.54 Å². The van der Waals surface area contributed by atoms with E-state index in [-0.39, 0.29) is 0 Å². The highest BCUT2D eigenvalue weighted by Crippen LogP contribution is 2.19. The maximum absolute atomic E-state index is 5.85. The molecule has 1 aromatic rings. The molecule has 0 bridgehead atoms. The van der Waals surface area contributed by atoms with Crippen molar-refractivity contribution in [2.75, 3.05) is 26.2 Å². The summed E-state index contributed by atoms with van der Waals surface area (Å²) in [6.45, 7) is 9.52. The highest BCUT2D eigenvalue weighted by atomic mass is 16.5. The Morgan fingerprint density at radius 3 is 2.52 bits per heavy atom. The molecule has 0 atom stereocenters. The molecule has 2 rings (SSSR count). The molecule has 21 heavy (non-hydrogen) atoms. The Bertz CT molecular complexity index is 387. The third kappa shape index (κ3) is 6.49. The highest BCUT2D eigenvalue weighted by Gasteiger charge is 2.19. The quantitative estimate of drug-likeness (QED) is 0.675. The van der Waals surface area contributed by atoms with Crippen LogP contribution in [0.5, 0.6) is 5.75 Å². The number of hydrogen-bond donors (Lipinski definition) is 1. The van der Waals surface area contributed by atoms with Crippen LogP contribution in [0, 0.1) is 0 Å². The molecular weight excluding hydrogens is 260 g/mol. The molecule has 1 aliphatic rings. The van der Waals surface area contributed by atoms with Crippen LogP contribution in [0.4, 0.5) is 0 Å². The van der Waals surface area contributed by atoms with E-state index in [0.717, 1.165) is 38.0 Å². The Balaban J connectivity index is 1.64. The van der Waals surface area contributed by atoms with E-state index < -0.39 is 0 Å². The SMILES string of the molecule is CCCCN(CC)CCOc1ccc(CNC2CC2)cc1. The van der Waals surface area contributed by atoms with Gasteiger partial charge in [0.05, 0.1) is 0 Å². The number of rotatable bonds is 11. The lowest BCUT2D eigenvalue weighted by molar-refractivity contribution is 0.213. The summed E-state index contributed by atoms with van der Waals surface area (Å²) in [5, 5.41) is 3.53. The van der Waals surface area contributed by atoms with Gasteiger partial charge in [0.15, 0.2) is 0 Å². The van der Waals surface area contributed by atoms with Crippen LogP contribution in [0.25, 0.3) is 0 Å². The van der Waals surface area contributed by atoms with Gasteiger partial charge in [-0.15, -0.1) is 0 Å². The average Bonchev–Trinajstić information content (AvgIpc) is 3.34. The number of unbranched alkanes of at least 4 members (excludes halogenated alkanes) is 1. The third-order valence-corrected chi connectivity index (χ3v) is 4.05. The zero-order valence-electron chi connectivity index (χ0n) is 13.6. The van der Waals surface area contributed by atoms with E-state index in [2.05, 4.69) is 48.3 Å². The van der Waals surface area contributed by atoms with Gasteiger partial charge < -0.3 is 15.0 Å². The Kier molecular flexibility index (Phi) is 7.04. The third-order valence-electron chi connectivity index (χ3n) is 4.05. The monoisotopic (exact) mass is 290 g/mol. The topological polar surface area (TPSA) is 24.5 Å². The van der Waals surface area contributed by atoms with Crippen LogP contribution < -0.4 is 10.1 Å². The number of benzene rings is 1. The van der Waals surface area contributed by atoms with Gasteiger partial charge in [0.25, 0.3) is 0 Å². The van der Waals surface area contributed by atoms with E-state index in [4.69, 9.17) is 4.74 Å². The van der Waals surface area contributed by atoms with E-state index >= 15 is 0 Å². The van der Waals surface area contributed by atoms with Crippen molar-refractivity contribution in [1.29, 1.82) is 0 Å². The summed E-state index contributed by atoms with van der Waals surface area (Å²) < 4.78 is 5.85. The highest BCUT2D eigenvalue weighted by molar-refractivity contribution is 5.27. The lowest BCUT2D eigenvalue weighted by Crippen LogP contribution is -2.29. The van der Waals surface area contributed by atoms with Gasteiger partial charge in [0.1, 0.15) is 12.4 Å². The molecule has 0 aromatic heterocycles. The van der Waals surface area contributed by atoms with Crippen LogP contribution in [-0.4, -0.2) is 37.2 Å². The molecule has 0 heterocycles. The fourth-order valence-corrected chi connectivity index (χ4v) is 2.36. The van der Waals surface area contributed by atoms with Crippen molar-refractivity contribution >= 4 is 0 Å². The molecule has 1 aromatic carbocycles. The van der Waals surface area contributed by atoms with Gasteiger partial charge in [-0.25, -0.2) is 0 Å². The van der Waals surface area contributed by atoms with Crippen LogP contribution >= 0.6 is 0 Å². The Morgan fingerprint density at radius 1 is 1.14 bits per heavy atom. The summed E-state index contributed by atoms with van der Waals surface area (Å²) in [5.74, 6) is 0.983. The summed E-state index contributed by atoms with van der Waals surface area (Å²) in [6, 6.07) is 9.28. The van der Waals surface area contributed by atoms with Gasteiger partial charge in [-0.2, -0.15) is 0 Å². The molecule has 118 valence electrons. The molecule has 1 aliphatic carbocycles. The Morgan fingerprint density at radius 2 is 1.90 bits per heavy atom. The predicted octanol–water partition coefficient (Wildman–Crippen LogP) is 3.44. The molecule has 1 saturated carbocycles. The molecular formula is C18H30N2O. The van der Waals surface area contributed by atoms with Crippen molar-refractivity contribution in [3.05, 3.63) is 29.8 Å². The minimum absolute atomic E-state index is 0.768. The molecule has 0 amide bonds. The molecule has 0 spiro atoms. The van der Waals surface area contributed by atoms with Crippen molar-refractivity contribution in [3.63, 3.8) is 0 Å². The van der Waals surface area contributed by atoms with Gasteiger partial charge in [-0.3, -0.25) is 0 Å². The summed E-state index contributed by atoms with van der Waals surface area (Å²) >= 11 is 0. The summed E-state index contributed by atoms with van der Waals surface area (Å²) in [4.78, 5) is 2.46. The Labute approximate surface area is 129 Å². The maximum atomic E-state index is 5.85. The van der Waals surface area contributed by atoms with Gasteiger partial charge in [0, 0.05) is 19.1 Å². The molecule has 0 saturated heterocycles. The van der Waals surface area contributed by atoms with E-state index in [1.54, 1.807) is 0 Å². The summed E-state index contributed by atoms with van der Waals surface area (Å²) in [7, 11) is 0. The summed E-state index contributed by atoms with van der Waals surface area (Å²) in [6.07, 6.45) is 5.21. The minimum atomic E-state index is 0.768. The average molecular weight is 290 g/mol. The van der Waals surface area contributed by atoms with Crippen LogP contribution in [0.2, 0.25) is 0 Å². The fraction of sp³-hybridized carbons (Fsp3) is 0.667. The van der Waals surface area contributed by atoms with Crippen LogP contribution in [0.1, 0.15) is 45.1 Å². The van der Waals surface area contributed by atoms with Crippen molar-refractivity contribution in [1.82, 2.24) is 10.2 Å². The number of likely N-dealkylation sites (N-methyl/N-ethyl adjacent to an activating group) is 1. The second-order valence-electron chi connectivity index (χ2n) is 5.94. The minimum Gasteiger partial charge on any atom is -0.492 e. The molecule has 0 aliphatic heterocycles. The van der Waals surface area contributed by atoms with Crippen molar-refractivity contribution in [2.45, 2.75) is 52.1 Å². The number of nitrogens with zero attached hydrogens (tertiary/aromatic N) is 1. The smallest absolute Gasteiger partial charge is 0.119 e. The molecule has 3 heteroatoms.